The van der Waals surface area contributed by atoms with Crippen LogP contribution in [0.15, 0.2) is 0 Å². The van der Waals surface area contributed by atoms with Gasteiger partial charge in [0.2, 0.25) is 5.76 Å². The summed E-state index contributed by atoms with van der Waals surface area (Å²) in [7, 11) is 0. The van der Waals surface area contributed by atoms with E-state index in [1.165, 1.54) is 45.2 Å². The maximum absolute atomic E-state index is 10.5. The van der Waals surface area contributed by atoms with Crippen LogP contribution in [-0.4, -0.2) is 27.9 Å². The van der Waals surface area contributed by atoms with Crippen molar-refractivity contribution < 1.29 is 19.8 Å². The van der Waals surface area contributed by atoms with Gasteiger partial charge in [-0.2, -0.15) is 0 Å². The lowest BCUT2D eigenvalue weighted by Gasteiger charge is -2.25. The molecule has 0 aromatic carbocycles. The maximum Gasteiger partial charge on any atom is 0.338 e. The predicted molar refractivity (Wildman–Crippen MR) is 60.5 cm³/mol. The van der Waals surface area contributed by atoms with Gasteiger partial charge in [0.1, 0.15) is 0 Å². The van der Waals surface area contributed by atoms with Gasteiger partial charge in [-0.1, -0.05) is 23.2 Å². The minimum atomic E-state index is -2.07. The van der Waals surface area contributed by atoms with Crippen LogP contribution in [0.2, 0.25) is 0 Å². The fourth-order valence-corrected chi connectivity index (χ4v) is 0.892. The van der Waals surface area contributed by atoms with Gasteiger partial charge in [-0.15, -0.1) is 0 Å². The smallest absolute Gasteiger partial charge is 0.338 e. The molecule has 0 heterocycles. The zero-order valence-electron chi connectivity index (χ0n) is 5.22. The largest absolute Gasteiger partial charge is 0.479 e. The molecule has 0 radical (unpaired) electrons. The molecule has 0 rings (SSSR count). The van der Waals surface area contributed by atoms with Crippen molar-refractivity contribution in [3.63, 3.8) is 0 Å². The molecule has 0 amide bonds. The lowest BCUT2D eigenvalue weighted by Crippen LogP contribution is -2.47. The Bertz CT molecular complexity index is 203. The van der Waals surface area contributed by atoms with Gasteiger partial charge in [-0.25, -0.2) is 9.59 Å². The van der Waals surface area contributed by atoms with Gasteiger partial charge in [0.05, 0.1) is 0 Å². The van der Waals surface area contributed by atoms with Gasteiger partial charge in [0.15, 0.2) is 0 Å². The molecule has 70 valence electrons. The Hall–Kier alpha value is 0.980. The number of carboxylic acid groups (broad SMARTS) is 2. The third-order valence-electron chi connectivity index (χ3n) is 0.932. The number of alkyl halides is 4. The summed E-state index contributed by atoms with van der Waals surface area (Å²) in [5, 5.41) is 17.1. The van der Waals surface area contributed by atoms with Gasteiger partial charge in [-0.3, -0.25) is 0 Å². The number of rotatable bonds is 3. The van der Waals surface area contributed by atoms with Crippen LogP contribution in [0.1, 0.15) is 0 Å². The SMILES string of the molecule is O=C(O)C(Cl)(I)C(Cl)(I)C(=O)O. The van der Waals surface area contributed by atoms with Gasteiger partial charge in [0, 0.05) is 0 Å². The summed E-state index contributed by atoms with van der Waals surface area (Å²) in [5.41, 5.74) is 0. The first kappa shape index (κ1) is 13.0. The van der Waals surface area contributed by atoms with Crippen molar-refractivity contribution in [1.82, 2.24) is 0 Å². The number of carbonyl (C=O) groups is 2. The second-order valence-electron chi connectivity index (χ2n) is 1.76. The minimum Gasteiger partial charge on any atom is -0.479 e. The number of halogens is 4. The number of aliphatic carboxylic acids is 2. The highest BCUT2D eigenvalue weighted by atomic mass is 127. The average Bonchev–Trinajstić information content (AvgIpc) is 1.86. The van der Waals surface area contributed by atoms with Gasteiger partial charge in [0.25, 0.3) is 0 Å². The number of hydrogen-bond donors (Lipinski definition) is 2. The summed E-state index contributed by atoms with van der Waals surface area (Å²) < 4.78 is -4.14. The average molecular weight is 439 g/mol. The summed E-state index contributed by atoms with van der Waals surface area (Å²) in [6.07, 6.45) is 0. The Morgan fingerprint density at radius 3 is 1.25 bits per heavy atom. The summed E-state index contributed by atoms with van der Waals surface area (Å²) in [4.78, 5) is 21.0. The molecule has 2 N–H and O–H groups in total. The molecule has 2 unspecified atom stereocenters. The van der Waals surface area contributed by atoms with Crippen molar-refractivity contribution in [3.05, 3.63) is 0 Å². The van der Waals surface area contributed by atoms with Crippen molar-refractivity contribution in [2.24, 2.45) is 0 Å². The Morgan fingerprint density at radius 1 is 1.00 bits per heavy atom. The van der Waals surface area contributed by atoms with Crippen molar-refractivity contribution in [2.45, 2.75) is 5.76 Å². The van der Waals surface area contributed by atoms with Crippen molar-refractivity contribution in [3.8, 4) is 0 Å². The molecule has 0 aliphatic heterocycles. The molecule has 0 bridgehead atoms. The number of carboxylic acids is 2. The molecular formula is C4H2Cl2I2O4. The second kappa shape index (κ2) is 4.01. The molecule has 0 aliphatic carbocycles. The Labute approximate surface area is 105 Å². The van der Waals surface area contributed by atoms with E-state index in [0.717, 1.165) is 0 Å². The summed E-state index contributed by atoms with van der Waals surface area (Å²) >= 11 is 13.4. The van der Waals surface area contributed by atoms with Crippen LogP contribution in [0.5, 0.6) is 0 Å². The molecule has 0 aromatic heterocycles. The van der Waals surface area contributed by atoms with E-state index in [9.17, 15) is 9.59 Å². The highest BCUT2D eigenvalue weighted by Crippen LogP contribution is 2.46. The summed E-state index contributed by atoms with van der Waals surface area (Å²) in [6.45, 7) is 0. The molecule has 0 spiro atoms. The monoisotopic (exact) mass is 438 g/mol. The molecule has 0 saturated carbocycles. The third-order valence-corrected chi connectivity index (χ3v) is 6.13. The van der Waals surface area contributed by atoms with Gasteiger partial charge < -0.3 is 10.2 Å². The molecule has 8 heteroatoms. The molecule has 12 heavy (non-hydrogen) atoms. The highest BCUT2D eigenvalue weighted by Gasteiger charge is 2.57. The van der Waals surface area contributed by atoms with Gasteiger partial charge in [-0.05, 0) is 45.2 Å². The van der Waals surface area contributed by atoms with E-state index >= 15 is 0 Å². The van der Waals surface area contributed by atoms with Crippen LogP contribution >= 0.6 is 68.4 Å². The lowest BCUT2D eigenvalue weighted by molar-refractivity contribution is -0.143. The number of hydrogen-bond acceptors (Lipinski definition) is 2. The Morgan fingerprint density at radius 2 is 1.17 bits per heavy atom. The van der Waals surface area contributed by atoms with Crippen LogP contribution in [0.4, 0.5) is 0 Å². The maximum atomic E-state index is 10.5. The van der Waals surface area contributed by atoms with E-state index < -0.39 is 17.7 Å². The Kier molecular flexibility index (Phi) is 4.34. The standard InChI is InChI=1S/C4H2Cl2I2O4/c5-3(7,1(9)10)4(6,8)2(11)12/h(H,9,10)(H,11,12). The molecule has 0 aliphatic rings. The molecule has 0 aromatic rings. The van der Waals surface area contributed by atoms with E-state index in [2.05, 4.69) is 0 Å². The fourth-order valence-electron chi connectivity index (χ4n) is 0.269. The predicted octanol–water partition coefficient (Wildman–Crippen LogP) is 1.90. The third kappa shape index (κ3) is 2.26. The normalized spacial score (nSPS) is 20.7. The van der Waals surface area contributed by atoms with E-state index in [1.807, 2.05) is 0 Å². The zero-order valence-corrected chi connectivity index (χ0v) is 11.0. The minimum absolute atomic E-state index is 1.27. The molecule has 4 nitrogen and oxygen atoms in total. The van der Waals surface area contributed by atoms with E-state index in [-0.39, 0.29) is 0 Å². The topological polar surface area (TPSA) is 74.6 Å². The van der Waals surface area contributed by atoms with Crippen LogP contribution in [-0.2, 0) is 9.59 Å². The van der Waals surface area contributed by atoms with E-state index in [1.54, 1.807) is 0 Å². The highest BCUT2D eigenvalue weighted by molar-refractivity contribution is 14.1. The summed E-state index contributed by atoms with van der Waals surface area (Å²) in [6, 6.07) is 0. The molecule has 0 saturated heterocycles. The van der Waals surface area contributed by atoms with Crippen LogP contribution in [0.25, 0.3) is 0 Å². The van der Waals surface area contributed by atoms with Crippen LogP contribution < -0.4 is 0 Å². The van der Waals surface area contributed by atoms with Crippen molar-refractivity contribution in [2.75, 3.05) is 0 Å². The van der Waals surface area contributed by atoms with Crippen molar-refractivity contribution in [1.29, 1.82) is 0 Å². The van der Waals surface area contributed by atoms with Crippen LogP contribution in [0.3, 0.4) is 0 Å². The zero-order chi connectivity index (χ0) is 10.2. The Balaban J connectivity index is 5.01. The quantitative estimate of drug-likeness (QED) is 0.521. The first-order chi connectivity index (χ1) is 5.14. The van der Waals surface area contributed by atoms with Gasteiger partial charge >= 0.3 is 11.9 Å². The first-order valence-electron chi connectivity index (χ1n) is 2.36. The summed E-state index contributed by atoms with van der Waals surface area (Å²) in [5.74, 6) is -2.98. The van der Waals surface area contributed by atoms with Crippen LogP contribution in [0, 0.1) is 0 Å². The molecular weight excluding hydrogens is 437 g/mol. The fraction of sp³-hybridized carbons (Fsp3) is 0.500. The van der Waals surface area contributed by atoms with Crippen molar-refractivity contribution >= 4 is 80.3 Å². The first-order valence-corrected chi connectivity index (χ1v) is 5.27. The van der Waals surface area contributed by atoms with E-state index in [4.69, 9.17) is 33.4 Å². The molecule has 2 atom stereocenters. The second-order valence-corrected chi connectivity index (χ2v) is 7.40. The molecule has 0 fully saturated rings. The lowest BCUT2D eigenvalue weighted by atomic mass is 10.3. The van der Waals surface area contributed by atoms with E-state index in [0.29, 0.717) is 0 Å².